The zero-order chi connectivity index (χ0) is 13.8. The number of nitrogens with two attached hydrogens (primary N) is 1. The van der Waals surface area contributed by atoms with Crippen LogP contribution in [0.3, 0.4) is 0 Å². The van der Waals surface area contributed by atoms with E-state index in [1.54, 1.807) is 0 Å². The van der Waals surface area contributed by atoms with Crippen LogP contribution in [0.2, 0.25) is 0 Å². The summed E-state index contributed by atoms with van der Waals surface area (Å²) in [5, 5.41) is 10.5. The van der Waals surface area contributed by atoms with Crippen molar-refractivity contribution in [3.63, 3.8) is 0 Å². The molecule has 0 spiro atoms. The monoisotopic (exact) mass is 262 g/mol. The molecular formula is C13H11FN2O3. The predicted octanol–water partition coefficient (Wildman–Crippen LogP) is 2.98. The molecule has 2 aromatic carbocycles. The number of nitro groups is 1. The molecule has 98 valence electrons. The summed E-state index contributed by atoms with van der Waals surface area (Å²) in [7, 11) is 0. The van der Waals surface area contributed by atoms with E-state index in [4.69, 9.17) is 10.5 Å². The van der Waals surface area contributed by atoms with Crippen molar-refractivity contribution < 1.29 is 14.1 Å². The van der Waals surface area contributed by atoms with Gasteiger partial charge in [-0.1, -0.05) is 0 Å². The summed E-state index contributed by atoms with van der Waals surface area (Å²) in [6, 6.07) is 9.64. The summed E-state index contributed by atoms with van der Waals surface area (Å²) in [6.07, 6.45) is 0. The number of non-ortho nitro benzene ring substituents is 1. The van der Waals surface area contributed by atoms with Gasteiger partial charge in [-0.25, -0.2) is 4.39 Å². The Balaban J connectivity index is 2.23. The summed E-state index contributed by atoms with van der Waals surface area (Å²) in [4.78, 5) is 10.0. The highest BCUT2D eigenvalue weighted by molar-refractivity contribution is 5.41. The zero-order valence-electron chi connectivity index (χ0n) is 9.88. The molecule has 0 saturated heterocycles. The van der Waals surface area contributed by atoms with Crippen molar-refractivity contribution in [1.82, 2.24) is 0 Å². The van der Waals surface area contributed by atoms with Gasteiger partial charge in [0, 0.05) is 24.2 Å². The highest BCUT2D eigenvalue weighted by atomic mass is 19.1. The summed E-state index contributed by atoms with van der Waals surface area (Å²) in [5.74, 6) is 0.459. The van der Waals surface area contributed by atoms with Gasteiger partial charge in [0.1, 0.15) is 17.3 Å². The number of nitro benzene ring substituents is 1. The third-order valence-electron chi connectivity index (χ3n) is 2.52. The minimum atomic E-state index is -0.493. The van der Waals surface area contributed by atoms with E-state index in [9.17, 15) is 14.5 Å². The van der Waals surface area contributed by atoms with Gasteiger partial charge in [-0.15, -0.1) is 0 Å². The van der Waals surface area contributed by atoms with Crippen molar-refractivity contribution in [2.75, 3.05) is 0 Å². The summed E-state index contributed by atoms with van der Waals surface area (Å²) >= 11 is 0. The van der Waals surface area contributed by atoms with E-state index in [-0.39, 0.29) is 12.2 Å². The molecule has 2 rings (SSSR count). The summed E-state index contributed by atoms with van der Waals surface area (Å²) in [5.41, 5.74) is 6.00. The van der Waals surface area contributed by atoms with Gasteiger partial charge < -0.3 is 10.5 Å². The second-order valence-electron chi connectivity index (χ2n) is 3.81. The smallest absolute Gasteiger partial charge is 0.269 e. The molecule has 0 aliphatic rings. The van der Waals surface area contributed by atoms with Crippen molar-refractivity contribution in [3.05, 3.63) is 64.0 Å². The largest absolute Gasteiger partial charge is 0.457 e. The highest BCUT2D eigenvalue weighted by Gasteiger charge is 2.08. The molecule has 0 aliphatic carbocycles. The second-order valence-corrected chi connectivity index (χ2v) is 3.81. The standard InChI is InChI=1S/C13H11FN2O3/c14-10-1-6-13(9(7-10)8-15)19-12-4-2-11(3-5-12)16(17)18/h1-7H,8,15H2. The van der Waals surface area contributed by atoms with E-state index in [0.29, 0.717) is 17.1 Å². The number of rotatable bonds is 4. The second kappa shape index (κ2) is 5.45. The molecule has 6 heteroatoms. The number of nitrogens with zero attached hydrogens (tertiary/aromatic N) is 1. The van der Waals surface area contributed by atoms with Crippen molar-refractivity contribution >= 4 is 5.69 Å². The first kappa shape index (κ1) is 13.0. The molecule has 0 amide bonds. The lowest BCUT2D eigenvalue weighted by atomic mass is 10.2. The molecule has 5 nitrogen and oxygen atoms in total. The molecule has 0 heterocycles. The molecule has 0 fully saturated rings. The van der Waals surface area contributed by atoms with Gasteiger partial charge in [-0.05, 0) is 30.3 Å². The number of ether oxygens (including phenoxy) is 1. The first-order valence-corrected chi connectivity index (χ1v) is 5.51. The van der Waals surface area contributed by atoms with Crippen LogP contribution < -0.4 is 10.5 Å². The summed E-state index contributed by atoms with van der Waals surface area (Å²) < 4.78 is 18.5. The van der Waals surface area contributed by atoms with Crippen LogP contribution in [0.15, 0.2) is 42.5 Å². The number of benzene rings is 2. The van der Waals surface area contributed by atoms with Gasteiger partial charge in [0.05, 0.1) is 4.92 Å². The predicted molar refractivity (Wildman–Crippen MR) is 67.5 cm³/mol. The van der Waals surface area contributed by atoms with Gasteiger partial charge in [-0.2, -0.15) is 0 Å². The molecule has 0 bridgehead atoms. The maximum absolute atomic E-state index is 13.0. The van der Waals surface area contributed by atoms with E-state index >= 15 is 0 Å². The quantitative estimate of drug-likeness (QED) is 0.678. The molecule has 2 N–H and O–H groups in total. The fourth-order valence-electron chi connectivity index (χ4n) is 1.57. The van der Waals surface area contributed by atoms with Crippen molar-refractivity contribution in [2.45, 2.75) is 6.54 Å². The minimum Gasteiger partial charge on any atom is -0.457 e. The molecule has 0 aliphatic heterocycles. The first-order valence-electron chi connectivity index (χ1n) is 5.51. The van der Waals surface area contributed by atoms with Gasteiger partial charge in [0.2, 0.25) is 0 Å². The Morgan fingerprint density at radius 1 is 1.21 bits per heavy atom. The van der Waals surface area contributed by atoms with Crippen LogP contribution in [-0.4, -0.2) is 4.92 Å². The fraction of sp³-hybridized carbons (Fsp3) is 0.0769. The molecule has 2 aromatic rings. The average molecular weight is 262 g/mol. The molecule has 0 saturated carbocycles. The Morgan fingerprint density at radius 2 is 1.89 bits per heavy atom. The van der Waals surface area contributed by atoms with Crippen molar-refractivity contribution in [3.8, 4) is 11.5 Å². The molecule has 0 aromatic heterocycles. The lowest BCUT2D eigenvalue weighted by molar-refractivity contribution is -0.384. The van der Waals surface area contributed by atoms with Gasteiger partial charge in [0.25, 0.3) is 5.69 Å². The first-order chi connectivity index (χ1) is 9.10. The van der Waals surface area contributed by atoms with Crippen LogP contribution in [0.5, 0.6) is 11.5 Å². The molecule has 0 unspecified atom stereocenters. The average Bonchev–Trinajstić information content (AvgIpc) is 2.41. The number of halogens is 1. The van der Waals surface area contributed by atoms with Crippen LogP contribution in [0.4, 0.5) is 10.1 Å². The fourth-order valence-corrected chi connectivity index (χ4v) is 1.57. The zero-order valence-corrected chi connectivity index (χ0v) is 9.88. The Bertz CT molecular complexity index is 599. The SMILES string of the molecule is NCc1cc(F)ccc1Oc1ccc([N+](=O)[O-])cc1. The van der Waals surface area contributed by atoms with Crippen LogP contribution in [0.1, 0.15) is 5.56 Å². The van der Waals surface area contributed by atoms with E-state index in [2.05, 4.69) is 0 Å². The van der Waals surface area contributed by atoms with Crippen LogP contribution in [0, 0.1) is 15.9 Å². The van der Waals surface area contributed by atoms with Crippen LogP contribution in [-0.2, 0) is 6.54 Å². The van der Waals surface area contributed by atoms with E-state index in [1.807, 2.05) is 0 Å². The lowest BCUT2D eigenvalue weighted by Gasteiger charge is -2.09. The van der Waals surface area contributed by atoms with Gasteiger partial charge >= 0.3 is 0 Å². The maximum Gasteiger partial charge on any atom is 0.269 e. The Kier molecular flexibility index (Phi) is 3.72. The van der Waals surface area contributed by atoms with E-state index in [0.717, 1.165) is 0 Å². The highest BCUT2D eigenvalue weighted by Crippen LogP contribution is 2.27. The maximum atomic E-state index is 13.0. The van der Waals surface area contributed by atoms with Crippen molar-refractivity contribution in [1.29, 1.82) is 0 Å². The Labute approximate surface area is 108 Å². The van der Waals surface area contributed by atoms with Crippen LogP contribution in [0.25, 0.3) is 0 Å². The van der Waals surface area contributed by atoms with E-state index < -0.39 is 10.7 Å². The Morgan fingerprint density at radius 3 is 2.47 bits per heavy atom. The normalized spacial score (nSPS) is 10.2. The van der Waals surface area contributed by atoms with Crippen LogP contribution >= 0.6 is 0 Å². The number of hydrogen-bond acceptors (Lipinski definition) is 4. The third-order valence-corrected chi connectivity index (χ3v) is 2.52. The molecule has 0 radical (unpaired) electrons. The third kappa shape index (κ3) is 3.05. The number of hydrogen-bond donors (Lipinski definition) is 1. The topological polar surface area (TPSA) is 78.4 Å². The molecule has 0 atom stereocenters. The lowest BCUT2D eigenvalue weighted by Crippen LogP contribution is -2.00. The van der Waals surface area contributed by atoms with Gasteiger partial charge in [0.15, 0.2) is 0 Å². The summed E-state index contributed by atoms with van der Waals surface area (Å²) in [6.45, 7) is 0.139. The minimum absolute atomic E-state index is 0.0227. The van der Waals surface area contributed by atoms with E-state index in [1.165, 1.54) is 42.5 Å². The van der Waals surface area contributed by atoms with Crippen molar-refractivity contribution in [2.24, 2.45) is 5.73 Å². The van der Waals surface area contributed by atoms with Gasteiger partial charge in [-0.3, -0.25) is 10.1 Å². The molecular weight excluding hydrogens is 251 g/mol. The Hall–Kier alpha value is -2.47. The molecule has 19 heavy (non-hydrogen) atoms.